The summed E-state index contributed by atoms with van der Waals surface area (Å²) in [5.41, 5.74) is 10.5. The molecule has 0 aliphatic rings. The fourth-order valence-corrected chi connectivity index (χ4v) is 1.47. The fourth-order valence-electron chi connectivity index (χ4n) is 1.47. The fraction of sp³-hybridized carbons (Fsp3) is 1.00. The standard InChI is InChI=1S/2C7H19N3O/c2*8-2-4-10-6-5-9-3-1-7-11/h2*9-11H,1-8H2. The van der Waals surface area contributed by atoms with Gasteiger partial charge in [0.05, 0.1) is 0 Å². The molecule has 0 radical (unpaired) electrons. The zero-order chi connectivity index (χ0) is 16.7. The van der Waals surface area contributed by atoms with Gasteiger partial charge in [0.2, 0.25) is 0 Å². The summed E-state index contributed by atoms with van der Waals surface area (Å²) in [7, 11) is 0. The predicted molar refractivity (Wildman–Crippen MR) is 93.0 cm³/mol. The van der Waals surface area contributed by atoms with Crippen LogP contribution in [0, 0.1) is 0 Å². The summed E-state index contributed by atoms with van der Waals surface area (Å²) in [5, 5.41) is 29.6. The van der Waals surface area contributed by atoms with Crippen LogP contribution in [0.3, 0.4) is 0 Å². The van der Waals surface area contributed by atoms with Crippen LogP contribution in [-0.4, -0.2) is 88.9 Å². The Morgan fingerprint density at radius 1 is 0.500 bits per heavy atom. The van der Waals surface area contributed by atoms with Gasteiger partial charge in [0.25, 0.3) is 0 Å². The number of rotatable bonds is 16. The van der Waals surface area contributed by atoms with Crippen LogP contribution in [0.2, 0.25) is 0 Å². The molecule has 0 heterocycles. The van der Waals surface area contributed by atoms with Crippen LogP contribution in [0.4, 0.5) is 0 Å². The van der Waals surface area contributed by atoms with E-state index in [0.717, 1.165) is 65.2 Å². The Labute approximate surface area is 135 Å². The van der Waals surface area contributed by atoms with E-state index in [-0.39, 0.29) is 13.2 Å². The van der Waals surface area contributed by atoms with Crippen molar-refractivity contribution in [2.75, 3.05) is 78.7 Å². The molecule has 0 aromatic carbocycles. The second kappa shape index (κ2) is 25.6. The van der Waals surface area contributed by atoms with Gasteiger partial charge in [-0.2, -0.15) is 0 Å². The van der Waals surface area contributed by atoms with Crippen molar-refractivity contribution in [3.05, 3.63) is 0 Å². The lowest BCUT2D eigenvalue weighted by atomic mass is 10.4. The van der Waals surface area contributed by atoms with Crippen LogP contribution in [-0.2, 0) is 0 Å². The van der Waals surface area contributed by atoms with E-state index in [1.54, 1.807) is 0 Å². The van der Waals surface area contributed by atoms with E-state index in [4.69, 9.17) is 21.7 Å². The molecule has 0 saturated heterocycles. The van der Waals surface area contributed by atoms with Crippen molar-refractivity contribution in [3.8, 4) is 0 Å². The first-order chi connectivity index (χ1) is 10.8. The maximum Gasteiger partial charge on any atom is 0.0443 e. The van der Waals surface area contributed by atoms with Gasteiger partial charge in [0, 0.05) is 65.6 Å². The number of nitrogens with two attached hydrogens (primary N) is 2. The Morgan fingerprint density at radius 2 is 0.818 bits per heavy atom. The third kappa shape index (κ3) is 27.9. The number of hydrogen-bond acceptors (Lipinski definition) is 8. The molecule has 0 fully saturated rings. The molecular formula is C14H38N6O2. The minimum atomic E-state index is 0.267. The summed E-state index contributed by atoms with van der Waals surface area (Å²) < 4.78 is 0. The molecule has 22 heavy (non-hydrogen) atoms. The Balaban J connectivity index is 0. The molecule has 0 bridgehead atoms. The van der Waals surface area contributed by atoms with E-state index in [1.807, 2.05) is 0 Å². The Bertz CT molecular complexity index is 143. The molecule has 0 unspecified atom stereocenters. The minimum absolute atomic E-state index is 0.267. The molecule has 8 nitrogen and oxygen atoms in total. The molecule has 10 N–H and O–H groups in total. The molecule has 0 aromatic heterocycles. The highest BCUT2D eigenvalue weighted by Gasteiger charge is 1.86. The molecule has 0 atom stereocenters. The molecule has 0 amide bonds. The molecule has 0 rings (SSSR count). The molecule has 0 spiro atoms. The highest BCUT2D eigenvalue weighted by atomic mass is 16.3. The van der Waals surface area contributed by atoms with Crippen LogP contribution in [0.5, 0.6) is 0 Å². The molecule has 0 aliphatic heterocycles. The van der Waals surface area contributed by atoms with E-state index in [1.165, 1.54) is 0 Å². The van der Waals surface area contributed by atoms with Crippen LogP contribution in [0.15, 0.2) is 0 Å². The van der Waals surface area contributed by atoms with Gasteiger partial charge < -0.3 is 42.9 Å². The molecule has 8 heteroatoms. The third-order valence-corrected chi connectivity index (χ3v) is 2.62. The normalized spacial score (nSPS) is 10.4. The van der Waals surface area contributed by atoms with E-state index < -0.39 is 0 Å². The van der Waals surface area contributed by atoms with Gasteiger partial charge in [-0.1, -0.05) is 0 Å². The van der Waals surface area contributed by atoms with Crippen molar-refractivity contribution in [1.82, 2.24) is 21.3 Å². The average Bonchev–Trinajstić information content (AvgIpc) is 2.54. The van der Waals surface area contributed by atoms with Gasteiger partial charge in [-0.25, -0.2) is 0 Å². The Morgan fingerprint density at radius 3 is 1.09 bits per heavy atom. The van der Waals surface area contributed by atoms with E-state index in [0.29, 0.717) is 13.1 Å². The van der Waals surface area contributed by atoms with Gasteiger partial charge in [0.1, 0.15) is 0 Å². The number of hydrogen-bond donors (Lipinski definition) is 8. The van der Waals surface area contributed by atoms with Gasteiger partial charge in [-0.3, -0.25) is 0 Å². The van der Waals surface area contributed by atoms with E-state index in [9.17, 15) is 0 Å². The maximum atomic E-state index is 8.43. The maximum absolute atomic E-state index is 8.43. The third-order valence-electron chi connectivity index (χ3n) is 2.62. The average molecular weight is 322 g/mol. The first-order valence-electron chi connectivity index (χ1n) is 8.28. The topological polar surface area (TPSA) is 141 Å². The first-order valence-corrected chi connectivity index (χ1v) is 8.28. The van der Waals surface area contributed by atoms with Crippen molar-refractivity contribution < 1.29 is 10.2 Å². The molecule has 136 valence electrons. The van der Waals surface area contributed by atoms with Crippen LogP contribution in [0.1, 0.15) is 12.8 Å². The quantitative estimate of drug-likeness (QED) is 0.141. The highest BCUT2D eigenvalue weighted by Crippen LogP contribution is 1.70. The summed E-state index contributed by atoms with van der Waals surface area (Å²) in [5.74, 6) is 0. The van der Waals surface area contributed by atoms with Crippen molar-refractivity contribution in [1.29, 1.82) is 0 Å². The van der Waals surface area contributed by atoms with Crippen molar-refractivity contribution in [2.45, 2.75) is 12.8 Å². The second-order valence-corrected chi connectivity index (χ2v) is 4.73. The number of aliphatic hydroxyl groups is 2. The zero-order valence-electron chi connectivity index (χ0n) is 13.9. The summed E-state index contributed by atoms with van der Waals surface area (Å²) in [4.78, 5) is 0. The smallest absolute Gasteiger partial charge is 0.0443 e. The Kier molecular flexibility index (Phi) is 27.9. The van der Waals surface area contributed by atoms with Crippen molar-refractivity contribution >= 4 is 0 Å². The van der Waals surface area contributed by atoms with Gasteiger partial charge in [0.15, 0.2) is 0 Å². The van der Waals surface area contributed by atoms with E-state index >= 15 is 0 Å². The second-order valence-electron chi connectivity index (χ2n) is 4.73. The number of aliphatic hydroxyl groups excluding tert-OH is 2. The highest BCUT2D eigenvalue weighted by molar-refractivity contribution is 4.52. The van der Waals surface area contributed by atoms with Gasteiger partial charge in [-0.15, -0.1) is 0 Å². The summed E-state index contributed by atoms with van der Waals surface area (Å²) in [6.07, 6.45) is 1.66. The van der Waals surface area contributed by atoms with E-state index in [2.05, 4.69) is 21.3 Å². The lowest BCUT2D eigenvalue weighted by Gasteiger charge is -2.03. The monoisotopic (exact) mass is 322 g/mol. The largest absolute Gasteiger partial charge is 0.396 e. The predicted octanol–water partition coefficient (Wildman–Crippen LogP) is -2.99. The molecule has 0 saturated carbocycles. The lowest BCUT2D eigenvalue weighted by molar-refractivity contribution is 0.286. The molecule has 0 aromatic rings. The van der Waals surface area contributed by atoms with Crippen LogP contribution < -0.4 is 32.7 Å². The molecule has 0 aliphatic carbocycles. The van der Waals surface area contributed by atoms with Crippen LogP contribution in [0.25, 0.3) is 0 Å². The van der Waals surface area contributed by atoms with Crippen molar-refractivity contribution in [3.63, 3.8) is 0 Å². The summed E-state index contributed by atoms with van der Waals surface area (Å²) in [6, 6.07) is 0. The zero-order valence-corrected chi connectivity index (χ0v) is 13.9. The van der Waals surface area contributed by atoms with Gasteiger partial charge in [-0.05, 0) is 25.9 Å². The molecular weight excluding hydrogens is 284 g/mol. The Hall–Kier alpha value is -0.320. The van der Waals surface area contributed by atoms with Crippen molar-refractivity contribution in [2.24, 2.45) is 11.5 Å². The summed E-state index contributed by atoms with van der Waals surface area (Å²) in [6.45, 7) is 9.23. The SMILES string of the molecule is NCCNCCNCCCO.NCCNCCNCCCO. The van der Waals surface area contributed by atoms with Crippen LogP contribution >= 0.6 is 0 Å². The van der Waals surface area contributed by atoms with Gasteiger partial charge >= 0.3 is 0 Å². The first kappa shape index (κ1) is 23.9. The minimum Gasteiger partial charge on any atom is -0.396 e. The lowest BCUT2D eigenvalue weighted by Crippen LogP contribution is -2.31. The summed E-state index contributed by atoms with van der Waals surface area (Å²) >= 11 is 0. The number of nitrogens with one attached hydrogen (secondary N) is 4.